The van der Waals surface area contributed by atoms with Crippen molar-refractivity contribution in [2.24, 2.45) is 0 Å². The van der Waals surface area contributed by atoms with E-state index in [0.29, 0.717) is 17.3 Å². The Hall–Kier alpha value is -1.10. The molecule has 88 valence electrons. The maximum Gasteiger partial charge on any atom is 0.355 e. The molecule has 0 amide bonds. The van der Waals surface area contributed by atoms with E-state index in [4.69, 9.17) is 4.89 Å². The van der Waals surface area contributed by atoms with Gasteiger partial charge in [-0.25, -0.2) is 9.18 Å². The quantitative estimate of drug-likeness (QED) is 0.474. The van der Waals surface area contributed by atoms with Crippen molar-refractivity contribution in [3.8, 4) is 5.75 Å². The standard InChI is InChI=1S/C11H12BrFO3/c1-2-3-11(14)16-15-10-6-9(13)5-4-8(10)7-12/h4-6H,2-3,7H2,1H3. The molecule has 1 aromatic carbocycles. The molecule has 0 bridgehead atoms. The third-order valence-corrected chi connectivity index (χ3v) is 2.46. The van der Waals surface area contributed by atoms with Crippen molar-refractivity contribution in [2.75, 3.05) is 0 Å². The number of carbonyl (C=O) groups excluding carboxylic acids is 1. The first kappa shape index (κ1) is 13.0. The Morgan fingerprint density at radius 2 is 2.25 bits per heavy atom. The van der Waals surface area contributed by atoms with Crippen LogP contribution >= 0.6 is 15.9 Å². The van der Waals surface area contributed by atoms with E-state index in [1.807, 2.05) is 6.92 Å². The highest BCUT2D eigenvalue weighted by Gasteiger charge is 2.08. The molecule has 0 aromatic heterocycles. The smallest absolute Gasteiger partial charge is 0.287 e. The number of carbonyl (C=O) groups is 1. The molecular weight excluding hydrogens is 279 g/mol. The molecule has 0 unspecified atom stereocenters. The highest BCUT2D eigenvalue weighted by Crippen LogP contribution is 2.22. The van der Waals surface area contributed by atoms with Crippen molar-refractivity contribution in [1.82, 2.24) is 0 Å². The fourth-order valence-corrected chi connectivity index (χ4v) is 1.52. The van der Waals surface area contributed by atoms with Crippen LogP contribution in [-0.2, 0) is 15.0 Å². The first-order valence-electron chi connectivity index (χ1n) is 4.89. The van der Waals surface area contributed by atoms with E-state index in [-0.39, 0.29) is 12.2 Å². The molecule has 0 spiro atoms. The Morgan fingerprint density at radius 3 is 2.88 bits per heavy atom. The Morgan fingerprint density at radius 1 is 1.50 bits per heavy atom. The first-order chi connectivity index (χ1) is 7.67. The third kappa shape index (κ3) is 3.81. The van der Waals surface area contributed by atoms with Gasteiger partial charge in [0.05, 0.1) is 0 Å². The van der Waals surface area contributed by atoms with E-state index >= 15 is 0 Å². The van der Waals surface area contributed by atoms with Gasteiger partial charge in [0.15, 0.2) is 5.75 Å². The summed E-state index contributed by atoms with van der Waals surface area (Å²) < 4.78 is 12.9. The summed E-state index contributed by atoms with van der Waals surface area (Å²) in [5.41, 5.74) is 0.714. The largest absolute Gasteiger partial charge is 0.355 e. The van der Waals surface area contributed by atoms with Gasteiger partial charge in [0, 0.05) is 23.4 Å². The van der Waals surface area contributed by atoms with Gasteiger partial charge in [0.25, 0.3) is 0 Å². The Bertz CT molecular complexity index is 368. The number of alkyl halides is 1. The first-order valence-corrected chi connectivity index (χ1v) is 6.01. The number of hydrogen-bond acceptors (Lipinski definition) is 3. The molecular formula is C11H12BrFO3. The Labute approximate surface area is 102 Å². The summed E-state index contributed by atoms with van der Waals surface area (Å²) in [4.78, 5) is 20.4. The van der Waals surface area contributed by atoms with Gasteiger partial charge in [-0.05, 0) is 12.5 Å². The second kappa shape index (κ2) is 6.48. The van der Waals surface area contributed by atoms with Crippen molar-refractivity contribution < 1.29 is 19.0 Å². The van der Waals surface area contributed by atoms with Crippen molar-refractivity contribution in [2.45, 2.75) is 25.1 Å². The van der Waals surface area contributed by atoms with Gasteiger partial charge in [-0.15, -0.1) is 0 Å². The molecule has 0 fully saturated rings. The zero-order valence-corrected chi connectivity index (χ0v) is 10.4. The van der Waals surface area contributed by atoms with E-state index in [1.54, 1.807) is 6.07 Å². The molecule has 0 N–H and O–H groups in total. The van der Waals surface area contributed by atoms with Crippen LogP contribution in [0.5, 0.6) is 5.75 Å². The lowest BCUT2D eigenvalue weighted by Gasteiger charge is -2.07. The molecule has 5 heteroatoms. The number of halogens is 2. The van der Waals surface area contributed by atoms with Gasteiger partial charge in [0.1, 0.15) is 5.82 Å². The molecule has 0 radical (unpaired) electrons. The van der Waals surface area contributed by atoms with Gasteiger partial charge in [0.2, 0.25) is 0 Å². The van der Waals surface area contributed by atoms with Crippen LogP contribution in [0.4, 0.5) is 4.39 Å². The van der Waals surface area contributed by atoms with Gasteiger partial charge in [-0.2, -0.15) is 0 Å². The monoisotopic (exact) mass is 290 g/mol. The maximum atomic E-state index is 12.9. The highest BCUT2D eigenvalue weighted by atomic mass is 79.9. The van der Waals surface area contributed by atoms with Crippen LogP contribution in [-0.4, -0.2) is 5.97 Å². The van der Waals surface area contributed by atoms with Crippen molar-refractivity contribution in [3.63, 3.8) is 0 Å². The van der Waals surface area contributed by atoms with Crippen molar-refractivity contribution >= 4 is 21.9 Å². The molecule has 16 heavy (non-hydrogen) atoms. The second-order valence-corrected chi connectivity index (χ2v) is 3.74. The Kier molecular flexibility index (Phi) is 5.25. The van der Waals surface area contributed by atoms with E-state index in [1.165, 1.54) is 12.1 Å². The van der Waals surface area contributed by atoms with Gasteiger partial charge >= 0.3 is 5.97 Å². The molecule has 0 aliphatic heterocycles. The lowest BCUT2D eigenvalue weighted by atomic mass is 10.2. The number of hydrogen-bond donors (Lipinski definition) is 0. The minimum Gasteiger partial charge on any atom is -0.287 e. The summed E-state index contributed by atoms with van der Waals surface area (Å²) in [7, 11) is 0. The van der Waals surface area contributed by atoms with Crippen LogP contribution < -0.4 is 4.89 Å². The average Bonchev–Trinajstić information content (AvgIpc) is 2.27. The predicted molar refractivity (Wildman–Crippen MR) is 60.7 cm³/mol. The zero-order valence-electron chi connectivity index (χ0n) is 8.83. The van der Waals surface area contributed by atoms with E-state index in [9.17, 15) is 9.18 Å². The summed E-state index contributed by atoms with van der Waals surface area (Å²) in [5, 5.41) is 0.494. The van der Waals surface area contributed by atoms with Crippen LogP contribution in [0, 0.1) is 5.82 Å². The lowest BCUT2D eigenvalue weighted by Crippen LogP contribution is -2.08. The van der Waals surface area contributed by atoms with Crippen LogP contribution in [0.2, 0.25) is 0 Å². The van der Waals surface area contributed by atoms with E-state index in [2.05, 4.69) is 20.8 Å². The normalized spacial score (nSPS) is 9.94. The summed E-state index contributed by atoms with van der Waals surface area (Å²) in [5.74, 6) is -0.695. The van der Waals surface area contributed by atoms with Crippen LogP contribution in [0.15, 0.2) is 18.2 Å². The molecule has 1 aromatic rings. The van der Waals surface area contributed by atoms with E-state index in [0.717, 1.165) is 0 Å². The SMILES string of the molecule is CCCC(=O)OOc1cc(F)ccc1CBr. The van der Waals surface area contributed by atoms with Gasteiger partial charge in [-0.3, -0.25) is 9.78 Å². The molecule has 0 aliphatic carbocycles. The summed E-state index contributed by atoms with van der Waals surface area (Å²) in [6.07, 6.45) is 0.954. The zero-order chi connectivity index (χ0) is 12.0. The van der Waals surface area contributed by atoms with Gasteiger partial charge < -0.3 is 0 Å². The molecule has 0 aliphatic rings. The fraction of sp³-hybridized carbons (Fsp3) is 0.364. The summed E-state index contributed by atoms with van der Waals surface area (Å²) >= 11 is 3.23. The van der Waals surface area contributed by atoms with Gasteiger partial charge in [-0.1, -0.05) is 28.9 Å². The van der Waals surface area contributed by atoms with Crippen LogP contribution in [0.25, 0.3) is 0 Å². The predicted octanol–water partition coefficient (Wildman–Crippen LogP) is 3.36. The number of benzene rings is 1. The van der Waals surface area contributed by atoms with Crippen molar-refractivity contribution in [1.29, 1.82) is 0 Å². The van der Waals surface area contributed by atoms with Crippen LogP contribution in [0.3, 0.4) is 0 Å². The lowest BCUT2D eigenvalue weighted by molar-refractivity contribution is -0.214. The molecule has 1 rings (SSSR count). The highest BCUT2D eigenvalue weighted by molar-refractivity contribution is 9.08. The van der Waals surface area contributed by atoms with Crippen LogP contribution in [0.1, 0.15) is 25.3 Å². The topological polar surface area (TPSA) is 35.5 Å². The summed E-state index contributed by atoms with van der Waals surface area (Å²) in [6.45, 7) is 1.85. The minimum absolute atomic E-state index is 0.210. The average molecular weight is 291 g/mol. The number of rotatable bonds is 5. The second-order valence-electron chi connectivity index (χ2n) is 3.17. The summed E-state index contributed by atoms with van der Waals surface area (Å²) in [6, 6.07) is 4.06. The molecule has 0 saturated carbocycles. The Balaban J connectivity index is 2.65. The molecule has 0 saturated heterocycles. The fourth-order valence-electron chi connectivity index (χ4n) is 1.05. The molecule has 0 atom stereocenters. The van der Waals surface area contributed by atoms with Crippen molar-refractivity contribution in [3.05, 3.63) is 29.6 Å². The third-order valence-electron chi connectivity index (χ3n) is 1.85. The molecule has 0 heterocycles. The van der Waals surface area contributed by atoms with E-state index < -0.39 is 11.8 Å². The minimum atomic E-state index is -0.465. The molecule has 3 nitrogen and oxygen atoms in total. The maximum absolute atomic E-state index is 12.9.